The van der Waals surface area contributed by atoms with Gasteiger partial charge in [-0.05, 0) is 18.6 Å². The van der Waals surface area contributed by atoms with Gasteiger partial charge in [-0.25, -0.2) is 0 Å². The summed E-state index contributed by atoms with van der Waals surface area (Å²) in [4.78, 5) is 1.71. The summed E-state index contributed by atoms with van der Waals surface area (Å²) in [6, 6.07) is 3.61. The molecular weight excluding hydrogens is 265 g/mol. The molecule has 0 aliphatic carbocycles. The van der Waals surface area contributed by atoms with E-state index in [4.69, 9.17) is 9.84 Å². The highest BCUT2D eigenvalue weighted by Gasteiger charge is 2.25. The fraction of sp³-hybridized carbons (Fsp3) is 0.500. The highest BCUT2D eigenvalue weighted by atomic mass is 32.1. The van der Waals surface area contributed by atoms with Crippen molar-refractivity contribution in [2.45, 2.75) is 25.6 Å². The Bertz CT molecular complexity index is 415. The first kappa shape index (κ1) is 15.0. The monoisotopic (exact) mass is 278 g/mol. The summed E-state index contributed by atoms with van der Waals surface area (Å²) in [6.07, 6.45) is -4.95. The first-order chi connectivity index (χ1) is 8.51. The van der Waals surface area contributed by atoms with Gasteiger partial charge < -0.3 is 9.84 Å². The lowest BCUT2D eigenvalue weighted by atomic mass is 10.3. The van der Waals surface area contributed by atoms with Crippen LogP contribution in [0.15, 0.2) is 12.1 Å². The number of hydrogen-bond donors (Lipinski definition) is 1. The Labute approximate surface area is 107 Å². The Balaban J connectivity index is 2.21. The second kappa shape index (κ2) is 7.41. The Morgan fingerprint density at radius 1 is 1.33 bits per heavy atom. The molecule has 0 saturated carbocycles. The average molecular weight is 278 g/mol. The van der Waals surface area contributed by atoms with E-state index in [0.29, 0.717) is 6.61 Å². The van der Waals surface area contributed by atoms with Crippen molar-refractivity contribution in [3.05, 3.63) is 21.9 Å². The molecule has 0 saturated heterocycles. The van der Waals surface area contributed by atoms with Crippen molar-refractivity contribution in [2.24, 2.45) is 0 Å². The van der Waals surface area contributed by atoms with E-state index in [1.165, 1.54) is 11.3 Å². The summed E-state index contributed by atoms with van der Waals surface area (Å²) in [5, 5.41) is 8.52. The Morgan fingerprint density at radius 3 is 2.78 bits per heavy atom. The Hall–Kier alpha value is -1.03. The fourth-order valence-electron chi connectivity index (χ4n) is 1.20. The molecule has 0 radical (unpaired) electrons. The molecule has 1 aromatic rings. The lowest BCUT2D eigenvalue weighted by Gasteiger charge is -2.05. The van der Waals surface area contributed by atoms with E-state index in [-0.39, 0.29) is 19.6 Å². The van der Waals surface area contributed by atoms with E-state index < -0.39 is 12.6 Å². The van der Waals surface area contributed by atoms with Crippen molar-refractivity contribution in [3.63, 3.8) is 0 Å². The number of ether oxygens (including phenoxy) is 1. The number of halogens is 3. The minimum atomic E-state index is -4.11. The van der Waals surface area contributed by atoms with E-state index in [1.54, 1.807) is 6.07 Å². The molecule has 0 bridgehead atoms. The largest absolute Gasteiger partial charge is 0.389 e. The zero-order chi connectivity index (χ0) is 13.4. The van der Waals surface area contributed by atoms with Crippen LogP contribution in [-0.4, -0.2) is 24.5 Å². The second-order valence-electron chi connectivity index (χ2n) is 3.50. The maximum Gasteiger partial charge on any atom is 0.389 e. The quantitative estimate of drug-likeness (QED) is 0.663. The van der Waals surface area contributed by atoms with Gasteiger partial charge in [0.25, 0.3) is 0 Å². The Morgan fingerprint density at radius 2 is 2.11 bits per heavy atom. The summed E-state index contributed by atoms with van der Waals surface area (Å²) < 4.78 is 40.7. The normalized spacial score (nSPS) is 11.1. The minimum absolute atomic E-state index is 0.0218. The van der Waals surface area contributed by atoms with Gasteiger partial charge in [-0.1, -0.05) is 11.8 Å². The molecule has 0 aromatic carbocycles. The fourth-order valence-corrected chi connectivity index (χ4v) is 2.02. The molecule has 1 aromatic heterocycles. The molecule has 0 unspecified atom stereocenters. The van der Waals surface area contributed by atoms with Crippen LogP contribution in [0.5, 0.6) is 0 Å². The highest BCUT2D eigenvalue weighted by molar-refractivity contribution is 7.12. The molecule has 6 heteroatoms. The molecule has 0 spiro atoms. The summed E-state index contributed by atoms with van der Waals surface area (Å²) in [5.74, 6) is 5.27. The molecule has 0 aliphatic rings. The molecule has 100 valence electrons. The van der Waals surface area contributed by atoms with Crippen LogP contribution >= 0.6 is 11.3 Å². The molecule has 18 heavy (non-hydrogen) atoms. The SMILES string of the molecule is OCC#Cc1ccc(COCCCC(F)(F)F)s1. The predicted octanol–water partition coefficient (Wildman–Crippen LogP) is 2.95. The van der Waals surface area contributed by atoms with Crippen molar-refractivity contribution < 1.29 is 23.0 Å². The first-order valence-corrected chi connectivity index (χ1v) is 6.16. The number of aliphatic hydroxyl groups excluding tert-OH is 1. The van der Waals surface area contributed by atoms with E-state index >= 15 is 0 Å². The zero-order valence-electron chi connectivity index (χ0n) is 9.59. The van der Waals surface area contributed by atoms with Crippen molar-refractivity contribution >= 4 is 11.3 Å². The zero-order valence-corrected chi connectivity index (χ0v) is 10.4. The van der Waals surface area contributed by atoms with E-state index in [1.807, 2.05) is 6.07 Å². The van der Waals surface area contributed by atoms with Gasteiger partial charge in [0.1, 0.15) is 6.61 Å². The molecule has 1 rings (SSSR count). The minimum Gasteiger partial charge on any atom is -0.384 e. The van der Waals surface area contributed by atoms with Gasteiger partial charge in [0, 0.05) is 17.9 Å². The van der Waals surface area contributed by atoms with Crippen LogP contribution in [-0.2, 0) is 11.3 Å². The van der Waals surface area contributed by atoms with E-state index in [9.17, 15) is 13.2 Å². The van der Waals surface area contributed by atoms with Crippen LogP contribution in [0.25, 0.3) is 0 Å². The number of aliphatic hydroxyl groups is 1. The molecule has 0 aliphatic heterocycles. The van der Waals surface area contributed by atoms with Gasteiger partial charge in [0.2, 0.25) is 0 Å². The second-order valence-corrected chi connectivity index (χ2v) is 4.67. The summed E-state index contributed by atoms with van der Waals surface area (Å²) in [7, 11) is 0. The first-order valence-electron chi connectivity index (χ1n) is 5.34. The average Bonchev–Trinajstić information content (AvgIpc) is 2.72. The lowest BCUT2D eigenvalue weighted by Crippen LogP contribution is -2.08. The van der Waals surface area contributed by atoms with Crippen LogP contribution in [0.1, 0.15) is 22.6 Å². The van der Waals surface area contributed by atoms with Crippen molar-refractivity contribution in [1.82, 2.24) is 0 Å². The smallest absolute Gasteiger partial charge is 0.384 e. The number of rotatable bonds is 5. The molecule has 1 N–H and O–H groups in total. The van der Waals surface area contributed by atoms with Gasteiger partial charge in [-0.15, -0.1) is 11.3 Å². The van der Waals surface area contributed by atoms with Crippen LogP contribution in [0.2, 0.25) is 0 Å². The van der Waals surface area contributed by atoms with Crippen molar-refractivity contribution in [1.29, 1.82) is 0 Å². The lowest BCUT2D eigenvalue weighted by molar-refractivity contribution is -0.138. The summed E-state index contributed by atoms with van der Waals surface area (Å²) in [6.45, 7) is 0.194. The van der Waals surface area contributed by atoms with Crippen molar-refractivity contribution in [2.75, 3.05) is 13.2 Å². The van der Waals surface area contributed by atoms with Crippen molar-refractivity contribution in [3.8, 4) is 11.8 Å². The molecule has 0 fully saturated rings. The topological polar surface area (TPSA) is 29.5 Å². The molecule has 2 nitrogen and oxygen atoms in total. The predicted molar refractivity (Wildman–Crippen MR) is 63.2 cm³/mol. The van der Waals surface area contributed by atoms with Crippen LogP contribution in [0, 0.1) is 11.8 Å². The molecular formula is C12H13F3O2S. The Kier molecular flexibility index (Phi) is 6.19. The van der Waals surface area contributed by atoms with Crippen LogP contribution in [0.3, 0.4) is 0 Å². The van der Waals surface area contributed by atoms with Gasteiger partial charge in [-0.3, -0.25) is 0 Å². The maximum absolute atomic E-state index is 11.8. The summed E-state index contributed by atoms with van der Waals surface area (Å²) in [5.41, 5.74) is 0. The number of hydrogen-bond acceptors (Lipinski definition) is 3. The molecule has 0 atom stereocenters. The number of thiophene rings is 1. The third kappa shape index (κ3) is 6.64. The molecule has 1 heterocycles. The molecule has 0 amide bonds. The van der Waals surface area contributed by atoms with Gasteiger partial charge in [0.05, 0.1) is 11.5 Å². The number of alkyl halides is 3. The standard InChI is InChI=1S/C12H13F3O2S/c13-12(14,15)6-2-8-17-9-11-5-4-10(18-11)3-1-7-16/h4-5,16H,2,6-9H2. The van der Waals surface area contributed by atoms with Gasteiger partial charge >= 0.3 is 6.18 Å². The van der Waals surface area contributed by atoms with E-state index in [0.717, 1.165) is 9.75 Å². The van der Waals surface area contributed by atoms with Gasteiger partial charge in [0.15, 0.2) is 0 Å². The van der Waals surface area contributed by atoms with E-state index in [2.05, 4.69) is 11.8 Å². The van der Waals surface area contributed by atoms with Crippen LogP contribution in [0.4, 0.5) is 13.2 Å². The third-order valence-corrected chi connectivity index (χ3v) is 2.92. The summed E-state index contributed by atoms with van der Waals surface area (Å²) >= 11 is 1.40. The van der Waals surface area contributed by atoms with Crippen LogP contribution < -0.4 is 0 Å². The maximum atomic E-state index is 11.8. The third-order valence-electron chi connectivity index (χ3n) is 1.95. The van der Waals surface area contributed by atoms with Gasteiger partial charge in [-0.2, -0.15) is 13.2 Å². The highest BCUT2D eigenvalue weighted by Crippen LogP contribution is 2.21.